The van der Waals surface area contributed by atoms with Gasteiger partial charge in [-0.3, -0.25) is 4.79 Å². The predicted molar refractivity (Wildman–Crippen MR) is 77.0 cm³/mol. The molecule has 1 rings (SSSR count). The smallest absolute Gasteiger partial charge is 0.258 e. The molecule has 100 valence electrons. The van der Waals surface area contributed by atoms with Crippen LogP contribution in [0.1, 0.15) is 37.6 Å². The fraction of sp³-hybridized carbons (Fsp3) is 0.500. The van der Waals surface area contributed by atoms with Crippen LogP contribution in [-0.4, -0.2) is 22.4 Å². The summed E-state index contributed by atoms with van der Waals surface area (Å²) in [5, 5.41) is 6.76. The van der Waals surface area contributed by atoms with Gasteiger partial charge in [0.15, 0.2) is 5.82 Å². The monoisotopic (exact) mass is 268 g/mol. The Labute approximate surface area is 112 Å². The zero-order chi connectivity index (χ0) is 13.7. The van der Waals surface area contributed by atoms with Crippen LogP contribution in [0.4, 0.5) is 10.8 Å². The number of aromatic nitrogens is 1. The Kier molecular flexibility index (Phi) is 5.15. The molecule has 1 heterocycles. The molecule has 0 radical (unpaired) electrons. The van der Waals surface area contributed by atoms with Crippen molar-refractivity contribution in [2.24, 2.45) is 0 Å². The topological polar surface area (TPSA) is 80.0 Å². The molecule has 1 unspecified atom stereocenters. The van der Waals surface area contributed by atoms with Gasteiger partial charge < -0.3 is 16.4 Å². The third-order valence-electron chi connectivity index (χ3n) is 2.26. The van der Waals surface area contributed by atoms with E-state index in [-0.39, 0.29) is 23.8 Å². The van der Waals surface area contributed by atoms with E-state index in [1.165, 1.54) is 11.5 Å². The van der Waals surface area contributed by atoms with Crippen molar-refractivity contribution in [1.29, 1.82) is 0 Å². The summed E-state index contributed by atoms with van der Waals surface area (Å²) in [6.45, 7) is 9.51. The zero-order valence-electron chi connectivity index (χ0n) is 11.0. The molecule has 0 aliphatic heterocycles. The van der Waals surface area contributed by atoms with Gasteiger partial charge in [0.25, 0.3) is 5.91 Å². The molecule has 0 aromatic carbocycles. The van der Waals surface area contributed by atoms with Crippen molar-refractivity contribution in [2.75, 3.05) is 11.1 Å². The second-order valence-electron chi connectivity index (χ2n) is 4.47. The third kappa shape index (κ3) is 3.73. The first-order valence-corrected chi connectivity index (χ1v) is 6.66. The first-order chi connectivity index (χ1) is 8.45. The summed E-state index contributed by atoms with van der Waals surface area (Å²) in [7, 11) is 0. The van der Waals surface area contributed by atoms with Gasteiger partial charge in [-0.1, -0.05) is 6.08 Å². The summed E-state index contributed by atoms with van der Waals surface area (Å²) in [6.07, 6.45) is 2.64. The molecule has 0 spiro atoms. The maximum atomic E-state index is 12.0. The molecule has 0 fully saturated rings. The largest absolute Gasteiger partial charge is 0.382 e. The fourth-order valence-electron chi connectivity index (χ4n) is 1.49. The van der Waals surface area contributed by atoms with Gasteiger partial charge in [0, 0.05) is 12.1 Å². The third-order valence-corrected chi connectivity index (χ3v) is 3.06. The van der Waals surface area contributed by atoms with Crippen molar-refractivity contribution in [3.05, 3.63) is 18.2 Å². The zero-order valence-corrected chi connectivity index (χ0v) is 11.8. The highest BCUT2D eigenvalue weighted by atomic mass is 32.1. The molecule has 4 N–H and O–H groups in total. The minimum absolute atomic E-state index is 0.0650. The number of nitrogens with two attached hydrogens (primary N) is 1. The van der Waals surface area contributed by atoms with Crippen molar-refractivity contribution in [1.82, 2.24) is 9.69 Å². The molecule has 0 saturated carbocycles. The van der Waals surface area contributed by atoms with Gasteiger partial charge in [-0.25, -0.2) is 0 Å². The van der Waals surface area contributed by atoms with Gasteiger partial charge in [-0.05, 0) is 38.7 Å². The molecule has 5 nitrogen and oxygen atoms in total. The molecule has 1 aromatic rings. The van der Waals surface area contributed by atoms with Gasteiger partial charge in [0.05, 0.1) is 0 Å². The minimum atomic E-state index is -0.190. The highest BCUT2D eigenvalue weighted by Gasteiger charge is 2.20. The number of hydrogen-bond donors (Lipinski definition) is 3. The van der Waals surface area contributed by atoms with Crippen LogP contribution in [-0.2, 0) is 0 Å². The maximum Gasteiger partial charge on any atom is 0.258 e. The van der Waals surface area contributed by atoms with Crippen LogP contribution < -0.4 is 16.4 Å². The van der Waals surface area contributed by atoms with E-state index in [1.54, 1.807) is 0 Å². The van der Waals surface area contributed by atoms with Crippen LogP contribution in [0, 0.1) is 0 Å². The summed E-state index contributed by atoms with van der Waals surface area (Å²) >= 11 is 1.20. The minimum Gasteiger partial charge on any atom is -0.382 e. The van der Waals surface area contributed by atoms with Crippen molar-refractivity contribution < 1.29 is 4.79 Å². The molecule has 0 bridgehead atoms. The Morgan fingerprint density at radius 2 is 2.22 bits per heavy atom. The number of hydrogen-bond acceptors (Lipinski definition) is 5. The molecule has 0 saturated heterocycles. The van der Waals surface area contributed by atoms with Crippen molar-refractivity contribution in [3.8, 4) is 0 Å². The molecular weight excluding hydrogens is 248 g/mol. The standard InChI is InChI=1S/C12H20N4OS/c1-5-6-8(4)15-12-9(10(13)16-18-12)11(17)14-7(2)3/h5,7-8,15H,1,6H2,2-4H3,(H2,13,16)(H,14,17). The number of carbonyl (C=O) groups is 1. The Morgan fingerprint density at radius 1 is 1.56 bits per heavy atom. The van der Waals surface area contributed by atoms with E-state index >= 15 is 0 Å². The lowest BCUT2D eigenvalue weighted by molar-refractivity contribution is 0.0945. The second-order valence-corrected chi connectivity index (χ2v) is 5.24. The van der Waals surface area contributed by atoms with Crippen LogP contribution in [0.2, 0.25) is 0 Å². The summed E-state index contributed by atoms with van der Waals surface area (Å²) in [5.74, 6) is 0.0796. The molecule has 0 aliphatic rings. The van der Waals surface area contributed by atoms with Gasteiger partial charge >= 0.3 is 0 Å². The Bertz CT molecular complexity index is 428. The van der Waals surface area contributed by atoms with Crippen LogP contribution in [0.15, 0.2) is 12.7 Å². The van der Waals surface area contributed by atoms with Gasteiger partial charge in [0.2, 0.25) is 0 Å². The van der Waals surface area contributed by atoms with Crippen molar-refractivity contribution in [2.45, 2.75) is 39.3 Å². The molecule has 0 aliphatic carbocycles. The summed E-state index contributed by atoms with van der Waals surface area (Å²) in [4.78, 5) is 12.0. The molecule has 1 aromatic heterocycles. The van der Waals surface area contributed by atoms with E-state index in [0.29, 0.717) is 10.6 Å². The van der Waals surface area contributed by atoms with Crippen molar-refractivity contribution in [3.63, 3.8) is 0 Å². The lowest BCUT2D eigenvalue weighted by atomic mass is 10.2. The summed E-state index contributed by atoms with van der Waals surface area (Å²) in [5.41, 5.74) is 6.18. The lowest BCUT2D eigenvalue weighted by Crippen LogP contribution is -2.31. The number of nitrogens with one attached hydrogen (secondary N) is 2. The van der Waals surface area contributed by atoms with E-state index < -0.39 is 0 Å². The van der Waals surface area contributed by atoms with Gasteiger partial charge in [0.1, 0.15) is 10.6 Å². The highest BCUT2D eigenvalue weighted by Crippen LogP contribution is 2.27. The van der Waals surface area contributed by atoms with Gasteiger partial charge in [-0.2, -0.15) is 4.37 Å². The lowest BCUT2D eigenvalue weighted by Gasteiger charge is -2.13. The molecule has 6 heteroatoms. The number of nitrogen functional groups attached to an aromatic ring is 1. The van der Waals surface area contributed by atoms with E-state index in [0.717, 1.165) is 6.42 Å². The first-order valence-electron chi connectivity index (χ1n) is 5.89. The molecule has 18 heavy (non-hydrogen) atoms. The fourth-order valence-corrected chi connectivity index (χ4v) is 2.31. The van der Waals surface area contributed by atoms with E-state index in [4.69, 9.17) is 5.73 Å². The number of carbonyl (C=O) groups excluding carboxylic acids is 1. The average molecular weight is 268 g/mol. The highest BCUT2D eigenvalue weighted by molar-refractivity contribution is 7.11. The van der Waals surface area contributed by atoms with Crippen LogP contribution in [0.3, 0.4) is 0 Å². The van der Waals surface area contributed by atoms with Crippen LogP contribution in [0.25, 0.3) is 0 Å². The first kappa shape index (κ1) is 14.5. The Morgan fingerprint density at radius 3 is 2.78 bits per heavy atom. The Balaban J connectivity index is 2.87. The molecule has 1 atom stereocenters. The molecule has 1 amide bonds. The molecular formula is C12H20N4OS. The van der Waals surface area contributed by atoms with E-state index in [2.05, 4.69) is 21.6 Å². The average Bonchev–Trinajstić information content (AvgIpc) is 2.59. The van der Waals surface area contributed by atoms with E-state index in [9.17, 15) is 4.79 Å². The normalized spacial score (nSPS) is 12.2. The maximum absolute atomic E-state index is 12.0. The van der Waals surface area contributed by atoms with Crippen molar-refractivity contribution >= 4 is 28.3 Å². The predicted octanol–water partition coefficient (Wildman–Crippen LogP) is 2.24. The summed E-state index contributed by atoms with van der Waals surface area (Å²) < 4.78 is 4.03. The number of amides is 1. The van der Waals surface area contributed by atoms with Crippen LogP contribution >= 0.6 is 11.5 Å². The summed E-state index contributed by atoms with van der Waals surface area (Å²) in [6, 6.07) is 0.253. The van der Waals surface area contributed by atoms with Gasteiger partial charge in [-0.15, -0.1) is 6.58 Å². The number of rotatable bonds is 6. The SMILES string of the molecule is C=CCC(C)Nc1snc(N)c1C(=O)NC(C)C. The number of nitrogens with zero attached hydrogens (tertiary/aromatic N) is 1. The quantitative estimate of drug-likeness (QED) is 0.691. The second kappa shape index (κ2) is 6.39. The Hall–Kier alpha value is -1.56. The van der Waals surface area contributed by atoms with Crippen LogP contribution in [0.5, 0.6) is 0 Å². The van der Waals surface area contributed by atoms with E-state index in [1.807, 2.05) is 26.8 Å². The number of anilines is 2.